The van der Waals surface area contributed by atoms with E-state index in [0.29, 0.717) is 0 Å². The van der Waals surface area contributed by atoms with Crippen molar-refractivity contribution in [1.29, 1.82) is 0 Å². The van der Waals surface area contributed by atoms with Crippen molar-refractivity contribution in [1.82, 2.24) is 4.90 Å². The number of amides is 1. The van der Waals surface area contributed by atoms with Crippen molar-refractivity contribution in [3.8, 4) is 5.75 Å². The Bertz CT molecular complexity index is 1790. The van der Waals surface area contributed by atoms with E-state index >= 15 is 0 Å². The van der Waals surface area contributed by atoms with E-state index in [2.05, 4.69) is 10.2 Å². The minimum atomic E-state index is -4.43. The molecular formula is C27H25ClN4O10S. The zero-order valence-electron chi connectivity index (χ0n) is 22.6. The van der Waals surface area contributed by atoms with E-state index in [1.807, 2.05) is 0 Å². The van der Waals surface area contributed by atoms with Crippen LogP contribution in [0.1, 0.15) is 22.3 Å². The van der Waals surface area contributed by atoms with E-state index in [-0.39, 0.29) is 40.2 Å². The van der Waals surface area contributed by atoms with Gasteiger partial charge in [0.2, 0.25) is 5.78 Å². The lowest BCUT2D eigenvalue weighted by molar-refractivity contribution is -0.161. The maximum Gasteiger partial charge on any atom is 0.294 e. The highest BCUT2D eigenvalue weighted by molar-refractivity contribution is 7.85. The quantitative estimate of drug-likeness (QED) is 0.104. The number of benzene rings is 2. The number of nitrogens with two attached hydrogens (primary N) is 1. The Morgan fingerprint density at radius 3 is 2.26 bits per heavy atom. The van der Waals surface area contributed by atoms with Crippen molar-refractivity contribution in [3.63, 3.8) is 0 Å². The summed E-state index contributed by atoms with van der Waals surface area (Å²) in [5.74, 6) is -8.94. The van der Waals surface area contributed by atoms with Crippen LogP contribution in [0.5, 0.6) is 5.75 Å². The lowest BCUT2D eigenvalue weighted by atomic mass is 9.54. The number of azo groups is 1. The third-order valence-electron chi connectivity index (χ3n) is 8.29. The van der Waals surface area contributed by atoms with E-state index in [4.69, 9.17) is 21.9 Å². The van der Waals surface area contributed by atoms with Crippen LogP contribution in [-0.4, -0.2) is 87.1 Å². The van der Waals surface area contributed by atoms with Crippen molar-refractivity contribution >= 4 is 56.4 Å². The van der Waals surface area contributed by atoms with Gasteiger partial charge in [0.1, 0.15) is 17.1 Å². The number of phenols is 1. The first-order valence-corrected chi connectivity index (χ1v) is 14.6. The second-order valence-corrected chi connectivity index (χ2v) is 12.9. The number of aromatic hydroxyl groups is 1. The van der Waals surface area contributed by atoms with Gasteiger partial charge in [0.25, 0.3) is 16.0 Å². The number of ketones is 3. The highest BCUT2D eigenvalue weighted by atomic mass is 35.5. The number of nitrogens with zero attached hydrogens (tertiary/aromatic N) is 3. The van der Waals surface area contributed by atoms with Crippen molar-refractivity contribution < 1.29 is 47.5 Å². The number of fused-ring (bicyclic) bond motifs is 3. The molecule has 2 aromatic carbocycles. The fraction of sp³-hybridized carbons (Fsp3) is 0.333. The van der Waals surface area contributed by atoms with Crippen molar-refractivity contribution in [3.05, 3.63) is 58.9 Å². The Morgan fingerprint density at radius 1 is 1.07 bits per heavy atom. The molecule has 5 rings (SSSR count). The maximum atomic E-state index is 14.1. The largest absolute Gasteiger partial charge is 0.508 e. The molecule has 0 bridgehead atoms. The summed E-state index contributed by atoms with van der Waals surface area (Å²) >= 11 is 6.78. The molecule has 0 saturated heterocycles. The van der Waals surface area contributed by atoms with Gasteiger partial charge >= 0.3 is 0 Å². The number of aliphatic hydroxyl groups excluding tert-OH is 1. The van der Waals surface area contributed by atoms with Gasteiger partial charge in [-0.25, -0.2) is 0 Å². The zero-order valence-corrected chi connectivity index (χ0v) is 24.1. The first kappa shape index (κ1) is 30.4. The molecule has 14 nitrogen and oxygen atoms in total. The van der Waals surface area contributed by atoms with Crippen LogP contribution in [0.4, 0.5) is 11.4 Å². The van der Waals surface area contributed by atoms with Crippen LogP contribution < -0.4 is 5.73 Å². The first-order valence-electron chi connectivity index (χ1n) is 12.7. The highest BCUT2D eigenvalue weighted by Gasteiger charge is 2.71. The SMILES string of the molecule is CN(C)C1C(=O)C(C(N)=O)=C(O)C2(O)C(=O)C3(Cl)C(=O)c4c(O)ccc(N=Nc5ccc(S(=O)(=O)O)cc5)c4CC3CC12. The molecule has 0 aromatic heterocycles. The highest BCUT2D eigenvalue weighted by Crippen LogP contribution is 2.56. The molecule has 6 N–H and O–H groups in total. The summed E-state index contributed by atoms with van der Waals surface area (Å²) in [5, 5.41) is 41.5. The summed E-state index contributed by atoms with van der Waals surface area (Å²) < 4.78 is 31.8. The summed E-state index contributed by atoms with van der Waals surface area (Å²) in [6.07, 6.45) is -0.389. The molecule has 5 unspecified atom stereocenters. The summed E-state index contributed by atoms with van der Waals surface area (Å²) in [5.41, 5.74) is 1.52. The van der Waals surface area contributed by atoms with Gasteiger partial charge in [0, 0.05) is 5.92 Å². The van der Waals surface area contributed by atoms with Gasteiger partial charge in [-0.3, -0.25) is 28.6 Å². The smallest absolute Gasteiger partial charge is 0.294 e. The van der Waals surface area contributed by atoms with Gasteiger partial charge < -0.3 is 21.1 Å². The van der Waals surface area contributed by atoms with Gasteiger partial charge in [0.15, 0.2) is 22.0 Å². The topological polar surface area (TPSA) is 237 Å². The number of primary amides is 1. The molecule has 0 spiro atoms. The Kier molecular flexibility index (Phi) is 7.10. The second-order valence-electron chi connectivity index (χ2n) is 10.9. The number of hydrogen-bond acceptors (Lipinski definition) is 12. The van der Waals surface area contributed by atoms with Crippen LogP contribution in [-0.2, 0) is 30.9 Å². The lowest BCUT2D eigenvalue weighted by Crippen LogP contribution is -2.72. The number of aliphatic hydroxyl groups is 2. The number of carbonyl (C=O) groups excluding carboxylic acids is 4. The molecule has 226 valence electrons. The van der Waals surface area contributed by atoms with Crippen LogP contribution in [0.25, 0.3) is 0 Å². The average Bonchev–Trinajstić information content (AvgIpc) is 2.92. The third-order valence-corrected chi connectivity index (χ3v) is 9.81. The summed E-state index contributed by atoms with van der Waals surface area (Å²) in [6.45, 7) is 0. The zero-order chi connectivity index (χ0) is 31.8. The van der Waals surface area contributed by atoms with Crippen molar-refractivity contribution in [2.24, 2.45) is 27.8 Å². The Labute approximate surface area is 249 Å². The Balaban J connectivity index is 1.62. The first-order chi connectivity index (χ1) is 19.9. The van der Waals surface area contributed by atoms with Gasteiger partial charge in [-0.2, -0.15) is 18.6 Å². The summed E-state index contributed by atoms with van der Waals surface area (Å²) in [4.78, 5) is 51.8. The molecule has 43 heavy (non-hydrogen) atoms. The molecule has 3 aliphatic carbocycles. The molecule has 2 aromatic rings. The molecule has 0 radical (unpaired) electrons. The molecule has 1 saturated carbocycles. The molecule has 5 atom stereocenters. The number of halogens is 1. The Morgan fingerprint density at radius 2 is 1.70 bits per heavy atom. The summed E-state index contributed by atoms with van der Waals surface area (Å²) in [6, 6.07) is 5.96. The fourth-order valence-electron chi connectivity index (χ4n) is 6.30. The lowest BCUT2D eigenvalue weighted by Gasteiger charge is -2.54. The number of rotatable bonds is 5. The second kappa shape index (κ2) is 10.0. The minimum Gasteiger partial charge on any atom is -0.508 e. The predicted octanol–water partition coefficient (Wildman–Crippen LogP) is 1.52. The molecule has 3 aliphatic rings. The number of likely N-dealkylation sites (N-methyl/N-ethyl adjacent to an activating group) is 1. The van der Waals surface area contributed by atoms with Crippen LogP contribution in [0.3, 0.4) is 0 Å². The Hall–Kier alpha value is -4.02. The van der Waals surface area contributed by atoms with Gasteiger partial charge in [-0.1, -0.05) is 0 Å². The van der Waals surface area contributed by atoms with Crippen LogP contribution in [0.2, 0.25) is 0 Å². The van der Waals surface area contributed by atoms with E-state index < -0.39 is 78.8 Å². The third kappa shape index (κ3) is 4.38. The van der Waals surface area contributed by atoms with Crippen LogP contribution >= 0.6 is 11.6 Å². The average molecular weight is 633 g/mol. The van der Waals surface area contributed by atoms with Gasteiger partial charge in [0.05, 0.1) is 27.9 Å². The fourth-order valence-corrected chi connectivity index (χ4v) is 7.18. The molecule has 0 aliphatic heterocycles. The summed E-state index contributed by atoms with van der Waals surface area (Å²) in [7, 11) is -1.49. The molecule has 16 heteroatoms. The molecule has 1 amide bonds. The van der Waals surface area contributed by atoms with E-state index in [9.17, 15) is 42.9 Å². The number of phenolic OH excluding ortho intramolecular Hbond substituents is 1. The number of alkyl halides is 1. The molecule has 0 heterocycles. The van der Waals surface area contributed by atoms with Crippen molar-refractivity contribution in [2.75, 3.05) is 14.1 Å². The predicted molar refractivity (Wildman–Crippen MR) is 148 cm³/mol. The number of hydrogen-bond donors (Lipinski definition) is 5. The van der Waals surface area contributed by atoms with E-state index in [1.165, 1.54) is 37.2 Å². The maximum absolute atomic E-state index is 14.1. The van der Waals surface area contributed by atoms with Crippen LogP contribution in [0.15, 0.2) is 62.9 Å². The van der Waals surface area contributed by atoms with E-state index in [0.717, 1.165) is 18.2 Å². The molecule has 1 fully saturated rings. The standard InChI is InChI=1S/C27H25ClN4O10S/c1-32(2)20-15-10-11-9-14-16(31-30-12-3-5-13(6-4-12)43(40,41)42)7-8-17(33)18(14)22(35)26(11,28)25(38)27(15,39)23(36)19(21(20)34)24(29)37/h3-8,11,15,20,33,36,39H,9-10H2,1-2H3,(H2,29,37)(H,40,41,42). The normalized spacial score (nSPS) is 29.1. The number of Topliss-reactive ketones (excluding diaryl/α,β-unsaturated/α-hetero) is 3. The van der Waals surface area contributed by atoms with Crippen molar-refractivity contribution in [2.45, 2.75) is 34.3 Å². The van der Waals surface area contributed by atoms with Gasteiger partial charge in [-0.15, -0.1) is 11.6 Å². The van der Waals surface area contributed by atoms with Crippen LogP contribution in [0, 0.1) is 11.8 Å². The minimum absolute atomic E-state index is 0.106. The monoisotopic (exact) mass is 632 g/mol. The molecular weight excluding hydrogens is 608 g/mol. The number of carbonyl (C=O) groups is 4. The van der Waals surface area contributed by atoms with Gasteiger partial charge in [-0.05, 0) is 74.8 Å². The van der Waals surface area contributed by atoms with E-state index in [1.54, 1.807) is 0 Å².